The quantitative estimate of drug-likeness (QED) is 0.836. The predicted molar refractivity (Wildman–Crippen MR) is 81.6 cm³/mol. The van der Waals surface area contributed by atoms with Crippen LogP contribution in [0.2, 0.25) is 0 Å². The summed E-state index contributed by atoms with van der Waals surface area (Å²) in [6.07, 6.45) is 1.30. The van der Waals surface area contributed by atoms with Crippen molar-refractivity contribution >= 4 is 11.3 Å². The van der Waals surface area contributed by atoms with Crippen LogP contribution in [-0.4, -0.2) is 13.1 Å². The SMILES string of the molecule is CC(C)C1CNCCC1c1ccc(C(C)(C)C)s1. The van der Waals surface area contributed by atoms with Crippen molar-refractivity contribution in [3.63, 3.8) is 0 Å². The molecule has 0 amide bonds. The molecule has 0 saturated carbocycles. The third kappa shape index (κ3) is 2.97. The molecule has 1 saturated heterocycles. The molecule has 1 fully saturated rings. The van der Waals surface area contributed by atoms with Gasteiger partial charge in [0.1, 0.15) is 0 Å². The van der Waals surface area contributed by atoms with Crippen LogP contribution in [0.25, 0.3) is 0 Å². The Hall–Kier alpha value is -0.340. The molecule has 1 aromatic rings. The lowest BCUT2D eigenvalue weighted by atomic mass is 9.78. The summed E-state index contributed by atoms with van der Waals surface area (Å²) in [7, 11) is 0. The fourth-order valence-corrected chi connectivity index (χ4v) is 4.17. The van der Waals surface area contributed by atoms with Gasteiger partial charge in [0.15, 0.2) is 0 Å². The second-order valence-corrected chi connectivity index (χ2v) is 8.07. The number of piperidine rings is 1. The van der Waals surface area contributed by atoms with E-state index >= 15 is 0 Å². The Morgan fingerprint density at radius 3 is 2.56 bits per heavy atom. The number of hydrogen-bond acceptors (Lipinski definition) is 2. The molecular weight excluding hydrogens is 238 g/mol. The zero-order valence-electron chi connectivity index (χ0n) is 12.4. The van der Waals surface area contributed by atoms with Crippen LogP contribution >= 0.6 is 11.3 Å². The molecule has 1 aliphatic rings. The van der Waals surface area contributed by atoms with E-state index in [1.165, 1.54) is 24.4 Å². The van der Waals surface area contributed by atoms with Gasteiger partial charge in [0.05, 0.1) is 0 Å². The molecule has 2 unspecified atom stereocenters. The average Bonchev–Trinajstić information content (AvgIpc) is 2.77. The first-order valence-corrected chi connectivity index (χ1v) is 8.02. The van der Waals surface area contributed by atoms with Crippen LogP contribution in [0.5, 0.6) is 0 Å². The maximum Gasteiger partial charge on any atom is 0.0102 e. The summed E-state index contributed by atoms with van der Waals surface area (Å²) in [5.74, 6) is 2.33. The molecule has 2 atom stereocenters. The van der Waals surface area contributed by atoms with Crippen molar-refractivity contribution in [2.75, 3.05) is 13.1 Å². The molecule has 0 aliphatic carbocycles. The van der Waals surface area contributed by atoms with E-state index in [-0.39, 0.29) is 0 Å². The number of hydrogen-bond donors (Lipinski definition) is 1. The molecule has 0 bridgehead atoms. The first-order valence-electron chi connectivity index (χ1n) is 7.20. The fourth-order valence-electron chi connectivity index (χ4n) is 2.89. The molecule has 0 radical (unpaired) electrons. The lowest BCUT2D eigenvalue weighted by Gasteiger charge is -2.34. The van der Waals surface area contributed by atoms with Gasteiger partial charge in [-0.25, -0.2) is 0 Å². The third-order valence-corrected chi connectivity index (χ3v) is 5.76. The van der Waals surface area contributed by atoms with Gasteiger partial charge in [-0.1, -0.05) is 34.6 Å². The van der Waals surface area contributed by atoms with E-state index in [9.17, 15) is 0 Å². The number of rotatable bonds is 2. The van der Waals surface area contributed by atoms with Crippen LogP contribution in [0.15, 0.2) is 12.1 Å². The van der Waals surface area contributed by atoms with E-state index in [0.29, 0.717) is 5.41 Å². The second kappa shape index (κ2) is 5.34. The summed E-state index contributed by atoms with van der Waals surface area (Å²) in [4.78, 5) is 3.14. The maximum atomic E-state index is 3.56. The summed E-state index contributed by atoms with van der Waals surface area (Å²) in [5, 5.41) is 3.56. The van der Waals surface area contributed by atoms with Gasteiger partial charge in [-0.2, -0.15) is 0 Å². The van der Waals surface area contributed by atoms with Crippen molar-refractivity contribution in [3.05, 3.63) is 21.9 Å². The molecule has 0 aromatic carbocycles. The van der Waals surface area contributed by atoms with E-state index < -0.39 is 0 Å². The van der Waals surface area contributed by atoms with Gasteiger partial charge >= 0.3 is 0 Å². The van der Waals surface area contributed by atoms with E-state index in [1.807, 2.05) is 11.3 Å². The van der Waals surface area contributed by atoms with Crippen LogP contribution in [-0.2, 0) is 5.41 Å². The number of thiophene rings is 1. The number of nitrogens with one attached hydrogen (secondary N) is 1. The normalized spacial score (nSPS) is 25.7. The van der Waals surface area contributed by atoms with Crippen LogP contribution < -0.4 is 5.32 Å². The summed E-state index contributed by atoms with van der Waals surface area (Å²) in [6.45, 7) is 14.0. The first-order chi connectivity index (χ1) is 8.39. The zero-order chi connectivity index (χ0) is 13.3. The van der Waals surface area contributed by atoms with E-state index in [2.05, 4.69) is 52.1 Å². The summed E-state index contributed by atoms with van der Waals surface area (Å²) < 4.78 is 0. The minimum Gasteiger partial charge on any atom is -0.316 e. The van der Waals surface area contributed by atoms with Crippen LogP contribution in [0, 0.1) is 11.8 Å². The van der Waals surface area contributed by atoms with Gasteiger partial charge < -0.3 is 5.32 Å². The molecule has 2 heterocycles. The Bertz CT molecular complexity index is 386. The van der Waals surface area contributed by atoms with Crippen LogP contribution in [0.1, 0.15) is 56.7 Å². The minimum absolute atomic E-state index is 0.295. The summed E-state index contributed by atoms with van der Waals surface area (Å²) >= 11 is 2.04. The highest BCUT2D eigenvalue weighted by Gasteiger charge is 2.30. The van der Waals surface area contributed by atoms with E-state index in [0.717, 1.165) is 17.8 Å². The van der Waals surface area contributed by atoms with Crippen molar-refractivity contribution in [3.8, 4) is 0 Å². The molecule has 2 heteroatoms. The Morgan fingerprint density at radius 2 is 2.00 bits per heavy atom. The first kappa shape index (κ1) is 14.1. The van der Waals surface area contributed by atoms with Crippen LogP contribution in [0.4, 0.5) is 0 Å². The molecule has 102 valence electrons. The molecule has 1 N–H and O–H groups in total. The Morgan fingerprint density at radius 1 is 1.28 bits per heavy atom. The highest BCUT2D eigenvalue weighted by atomic mass is 32.1. The highest BCUT2D eigenvalue weighted by Crippen LogP contribution is 2.40. The molecule has 0 spiro atoms. The Balaban J connectivity index is 2.21. The van der Waals surface area contributed by atoms with Gasteiger partial charge in [-0.15, -0.1) is 11.3 Å². The van der Waals surface area contributed by atoms with E-state index in [4.69, 9.17) is 0 Å². The largest absolute Gasteiger partial charge is 0.316 e. The van der Waals surface area contributed by atoms with Crippen LogP contribution in [0.3, 0.4) is 0 Å². The summed E-state index contributed by atoms with van der Waals surface area (Å²) in [5.41, 5.74) is 0.295. The predicted octanol–water partition coefficient (Wildman–Crippen LogP) is 4.39. The van der Waals surface area contributed by atoms with Crippen molar-refractivity contribution in [1.82, 2.24) is 5.32 Å². The standard InChI is InChI=1S/C16H27NS/c1-11(2)13-10-17-9-8-12(13)14-6-7-15(18-14)16(3,4)5/h6-7,11-13,17H,8-10H2,1-5H3. The smallest absolute Gasteiger partial charge is 0.0102 e. The highest BCUT2D eigenvalue weighted by molar-refractivity contribution is 7.12. The van der Waals surface area contributed by atoms with Crippen molar-refractivity contribution < 1.29 is 0 Å². The maximum absolute atomic E-state index is 3.56. The molecular formula is C16H27NS. The van der Waals surface area contributed by atoms with Crippen molar-refractivity contribution in [2.45, 2.75) is 52.4 Å². The Kier molecular flexibility index (Phi) is 4.18. The van der Waals surface area contributed by atoms with Gasteiger partial charge in [0.2, 0.25) is 0 Å². The minimum atomic E-state index is 0.295. The van der Waals surface area contributed by atoms with Gasteiger partial charge in [0, 0.05) is 9.75 Å². The third-order valence-electron chi connectivity index (χ3n) is 4.12. The monoisotopic (exact) mass is 265 g/mol. The molecule has 1 aliphatic heterocycles. The van der Waals surface area contributed by atoms with Crippen molar-refractivity contribution in [2.24, 2.45) is 11.8 Å². The summed E-state index contributed by atoms with van der Waals surface area (Å²) in [6, 6.07) is 4.73. The van der Waals surface area contributed by atoms with Gasteiger partial charge in [-0.3, -0.25) is 0 Å². The van der Waals surface area contributed by atoms with Crippen molar-refractivity contribution in [1.29, 1.82) is 0 Å². The Labute approximate surface area is 116 Å². The molecule has 1 aromatic heterocycles. The average molecular weight is 265 g/mol. The molecule has 18 heavy (non-hydrogen) atoms. The zero-order valence-corrected chi connectivity index (χ0v) is 13.2. The van der Waals surface area contributed by atoms with Gasteiger partial charge in [0.25, 0.3) is 0 Å². The van der Waals surface area contributed by atoms with Gasteiger partial charge in [-0.05, 0) is 54.8 Å². The lowest BCUT2D eigenvalue weighted by molar-refractivity contribution is 0.258. The fraction of sp³-hybridized carbons (Fsp3) is 0.750. The lowest BCUT2D eigenvalue weighted by Crippen LogP contribution is -2.37. The molecule has 1 nitrogen and oxygen atoms in total. The second-order valence-electron chi connectivity index (χ2n) is 6.96. The molecule has 2 rings (SSSR count). The van der Waals surface area contributed by atoms with E-state index in [1.54, 1.807) is 4.88 Å². The topological polar surface area (TPSA) is 12.0 Å².